The van der Waals surface area contributed by atoms with Gasteiger partial charge in [-0.1, -0.05) is 30.0 Å². The number of benzene rings is 1. The summed E-state index contributed by atoms with van der Waals surface area (Å²) in [5.74, 6) is 1.50. The molecule has 8 heteroatoms. The summed E-state index contributed by atoms with van der Waals surface area (Å²) in [6.45, 7) is 0.643. The van der Waals surface area contributed by atoms with E-state index in [-0.39, 0.29) is 23.8 Å². The van der Waals surface area contributed by atoms with Crippen LogP contribution in [0.2, 0.25) is 0 Å². The van der Waals surface area contributed by atoms with Gasteiger partial charge >= 0.3 is 0 Å². The molecular formula is C26H25N3O4S. The first kappa shape index (κ1) is 22.3. The van der Waals surface area contributed by atoms with Crippen LogP contribution in [0.15, 0.2) is 91.6 Å². The van der Waals surface area contributed by atoms with Crippen LogP contribution in [0.4, 0.5) is 0 Å². The van der Waals surface area contributed by atoms with Crippen LogP contribution < -0.4 is 5.56 Å². The SMILES string of the molecule is O=C(CSc1nc2ccccc2c(=O)n1Cc1ccco1)N(Cc1ccco1)C1=CCCCC1. The molecule has 0 bridgehead atoms. The van der Waals surface area contributed by atoms with Crippen LogP contribution in [0, 0.1) is 0 Å². The van der Waals surface area contributed by atoms with E-state index in [0.717, 1.165) is 37.1 Å². The molecule has 3 heterocycles. The Morgan fingerprint density at radius 1 is 1.03 bits per heavy atom. The van der Waals surface area contributed by atoms with E-state index in [1.807, 2.05) is 36.4 Å². The van der Waals surface area contributed by atoms with Gasteiger partial charge < -0.3 is 13.7 Å². The Bertz CT molecular complexity index is 1360. The predicted octanol–water partition coefficient (Wildman–Crippen LogP) is 5.21. The molecule has 0 aliphatic heterocycles. The summed E-state index contributed by atoms with van der Waals surface area (Å²) < 4.78 is 12.6. The van der Waals surface area contributed by atoms with Gasteiger partial charge in [-0.3, -0.25) is 14.2 Å². The number of hydrogen-bond donors (Lipinski definition) is 0. The lowest BCUT2D eigenvalue weighted by atomic mass is 10.0. The molecule has 174 valence electrons. The molecule has 4 aromatic rings. The lowest BCUT2D eigenvalue weighted by molar-refractivity contribution is -0.127. The van der Waals surface area contributed by atoms with Gasteiger partial charge in [-0.05, 0) is 62.1 Å². The minimum Gasteiger partial charge on any atom is -0.467 e. The summed E-state index contributed by atoms with van der Waals surface area (Å²) in [5.41, 5.74) is 1.49. The van der Waals surface area contributed by atoms with Gasteiger partial charge in [0.1, 0.15) is 11.5 Å². The summed E-state index contributed by atoms with van der Waals surface area (Å²) in [6, 6.07) is 14.6. The highest BCUT2D eigenvalue weighted by atomic mass is 32.2. The van der Waals surface area contributed by atoms with Gasteiger partial charge in [0, 0.05) is 5.70 Å². The van der Waals surface area contributed by atoms with E-state index in [9.17, 15) is 9.59 Å². The molecule has 0 spiro atoms. The van der Waals surface area contributed by atoms with Gasteiger partial charge in [-0.2, -0.15) is 0 Å². The Morgan fingerprint density at radius 3 is 2.56 bits per heavy atom. The minimum atomic E-state index is -0.153. The predicted molar refractivity (Wildman–Crippen MR) is 130 cm³/mol. The summed E-state index contributed by atoms with van der Waals surface area (Å²) in [4.78, 5) is 33.2. The highest BCUT2D eigenvalue weighted by molar-refractivity contribution is 7.99. The smallest absolute Gasteiger partial charge is 0.262 e. The molecule has 0 saturated carbocycles. The third-order valence-corrected chi connectivity index (χ3v) is 6.82. The molecule has 3 aromatic heterocycles. The standard InChI is InChI=1S/C26H25N3O4S/c30-24(28(16-20-10-6-14-32-20)19-8-2-1-3-9-19)18-34-26-27-23-13-5-4-12-22(23)25(31)29(26)17-21-11-7-15-33-21/h4-8,10-15H,1-3,9,16-18H2. The monoisotopic (exact) mass is 475 g/mol. The maximum atomic E-state index is 13.4. The second-order valence-corrected chi connectivity index (χ2v) is 9.11. The third-order valence-electron chi connectivity index (χ3n) is 5.85. The fourth-order valence-electron chi connectivity index (χ4n) is 4.13. The largest absolute Gasteiger partial charge is 0.467 e. The van der Waals surface area contributed by atoms with Crippen molar-refractivity contribution in [1.29, 1.82) is 0 Å². The summed E-state index contributed by atoms with van der Waals surface area (Å²) in [6.07, 6.45) is 9.39. The first-order valence-electron chi connectivity index (χ1n) is 11.4. The zero-order valence-corrected chi connectivity index (χ0v) is 19.5. The number of nitrogens with zero attached hydrogens (tertiary/aromatic N) is 3. The van der Waals surface area contributed by atoms with Crippen molar-refractivity contribution >= 4 is 28.6 Å². The lowest BCUT2D eigenvalue weighted by Crippen LogP contribution is -2.32. The third kappa shape index (κ3) is 4.87. The molecule has 0 N–H and O–H groups in total. The molecule has 34 heavy (non-hydrogen) atoms. The summed E-state index contributed by atoms with van der Waals surface area (Å²) >= 11 is 1.27. The average Bonchev–Trinajstić information content (AvgIpc) is 3.58. The molecule has 5 rings (SSSR count). The maximum absolute atomic E-state index is 13.4. The van der Waals surface area contributed by atoms with E-state index in [4.69, 9.17) is 13.8 Å². The van der Waals surface area contributed by atoms with E-state index in [0.29, 0.717) is 28.4 Å². The normalized spacial score (nSPS) is 13.7. The molecule has 0 radical (unpaired) electrons. The van der Waals surface area contributed by atoms with Crippen molar-refractivity contribution in [3.63, 3.8) is 0 Å². The number of para-hydroxylation sites is 1. The number of amides is 1. The van der Waals surface area contributed by atoms with E-state index in [1.165, 1.54) is 11.8 Å². The molecule has 0 saturated heterocycles. The van der Waals surface area contributed by atoms with E-state index in [1.54, 1.807) is 34.1 Å². The molecular weight excluding hydrogens is 450 g/mol. The molecule has 1 aromatic carbocycles. The number of hydrogen-bond acceptors (Lipinski definition) is 6. The fraction of sp³-hybridized carbons (Fsp3) is 0.269. The zero-order valence-electron chi connectivity index (χ0n) is 18.7. The van der Waals surface area contributed by atoms with E-state index >= 15 is 0 Å². The second-order valence-electron chi connectivity index (χ2n) is 8.17. The van der Waals surface area contributed by atoms with Crippen molar-refractivity contribution < 1.29 is 13.6 Å². The Hall–Kier alpha value is -3.52. The first-order valence-corrected chi connectivity index (χ1v) is 12.3. The Balaban J connectivity index is 1.43. The van der Waals surface area contributed by atoms with Gasteiger partial charge in [0.15, 0.2) is 5.16 Å². The van der Waals surface area contributed by atoms with Crippen molar-refractivity contribution in [2.24, 2.45) is 0 Å². The van der Waals surface area contributed by atoms with Crippen molar-refractivity contribution in [3.05, 3.63) is 94.7 Å². The first-order chi connectivity index (χ1) is 16.7. The van der Waals surface area contributed by atoms with E-state index < -0.39 is 0 Å². The number of thioether (sulfide) groups is 1. The van der Waals surface area contributed by atoms with Crippen molar-refractivity contribution in [2.75, 3.05) is 5.75 Å². The van der Waals surface area contributed by atoms with Crippen molar-refractivity contribution in [1.82, 2.24) is 14.5 Å². The van der Waals surface area contributed by atoms with Crippen molar-refractivity contribution in [3.8, 4) is 0 Å². The number of carbonyl (C=O) groups is 1. The second kappa shape index (κ2) is 10.2. The van der Waals surface area contributed by atoms with Crippen LogP contribution in [-0.2, 0) is 17.9 Å². The Kier molecular flexibility index (Phi) is 6.67. The van der Waals surface area contributed by atoms with Gasteiger partial charge in [0.05, 0.1) is 42.3 Å². The quantitative estimate of drug-likeness (QED) is 0.257. The number of fused-ring (bicyclic) bond motifs is 1. The summed E-state index contributed by atoms with van der Waals surface area (Å²) in [5, 5.41) is 1.03. The molecule has 1 aliphatic rings. The topological polar surface area (TPSA) is 81.5 Å². The summed E-state index contributed by atoms with van der Waals surface area (Å²) in [7, 11) is 0. The number of aromatic nitrogens is 2. The highest BCUT2D eigenvalue weighted by Gasteiger charge is 2.22. The van der Waals surface area contributed by atoms with Crippen LogP contribution >= 0.6 is 11.8 Å². The minimum absolute atomic E-state index is 0.0403. The molecule has 7 nitrogen and oxygen atoms in total. The zero-order chi connectivity index (χ0) is 23.3. The van der Waals surface area contributed by atoms with Crippen LogP contribution in [-0.4, -0.2) is 26.1 Å². The van der Waals surface area contributed by atoms with Crippen LogP contribution in [0.1, 0.15) is 37.2 Å². The Labute approximate surface area is 201 Å². The highest BCUT2D eigenvalue weighted by Crippen LogP contribution is 2.26. The molecule has 0 atom stereocenters. The number of allylic oxidation sites excluding steroid dienone is 2. The van der Waals surface area contributed by atoms with E-state index in [2.05, 4.69) is 6.08 Å². The van der Waals surface area contributed by atoms with Gasteiger partial charge in [-0.25, -0.2) is 4.98 Å². The van der Waals surface area contributed by atoms with Gasteiger partial charge in [0.25, 0.3) is 5.56 Å². The Morgan fingerprint density at radius 2 is 1.82 bits per heavy atom. The average molecular weight is 476 g/mol. The molecule has 1 amide bonds. The fourth-order valence-corrected chi connectivity index (χ4v) is 5.01. The van der Waals surface area contributed by atoms with Crippen LogP contribution in [0.5, 0.6) is 0 Å². The molecule has 0 unspecified atom stereocenters. The number of furan rings is 2. The maximum Gasteiger partial charge on any atom is 0.262 e. The van der Waals surface area contributed by atoms with Crippen LogP contribution in [0.3, 0.4) is 0 Å². The van der Waals surface area contributed by atoms with Gasteiger partial charge in [0.2, 0.25) is 5.91 Å². The number of carbonyl (C=O) groups excluding carboxylic acids is 1. The lowest BCUT2D eigenvalue weighted by Gasteiger charge is -2.27. The molecule has 1 aliphatic carbocycles. The van der Waals surface area contributed by atoms with Crippen molar-refractivity contribution in [2.45, 2.75) is 43.9 Å². The molecule has 0 fully saturated rings. The van der Waals surface area contributed by atoms with Gasteiger partial charge in [-0.15, -0.1) is 0 Å². The van der Waals surface area contributed by atoms with Crippen LogP contribution in [0.25, 0.3) is 10.9 Å². The number of rotatable bonds is 8.